The van der Waals surface area contributed by atoms with Gasteiger partial charge in [0.05, 0.1) is 12.9 Å². The first kappa shape index (κ1) is 11.6. The van der Waals surface area contributed by atoms with Gasteiger partial charge in [-0.25, -0.2) is 4.98 Å². The second kappa shape index (κ2) is 6.06. The molecule has 0 fully saturated rings. The highest BCUT2D eigenvalue weighted by atomic mass is 15.2. The molecule has 84 valence electrons. The summed E-state index contributed by atoms with van der Waals surface area (Å²) in [6, 6.07) is 0. The zero-order valence-electron chi connectivity index (χ0n) is 9.43. The topological polar surface area (TPSA) is 59.4 Å². The number of aromatic nitrogens is 2. The summed E-state index contributed by atoms with van der Waals surface area (Å²) >= 11 is 0. The molecule has 1 aromatic heterocycles. The number of guanidine groups is 1. The first-order chi connectivity index (χ1) is 7.27. The molecule has 1 rings (SSSR count). The minimum absolute atomic E-state index is 0.625. The molecular weight excluding hydrogens is 190 g/mol. The summed E-state index contributed by atoms with van der Waals surface area (Å²) in [7, 11) is 0. The number of aliphatic imine (C=N–C) groups is 1. The molecule has 1 aromatic rings. The second-order valence-corrected chi connectivity index (χ2v) is 3.21. The van der Waals surface area contributed by atoms with Gasteiger partial charge in [0.15, 0.2) is 5.96 Å². The molecule has 5 heteroatoms. The Morgan fingerprint density at radius 2 is 2.20 bits per heavy atom. The van der Waals surface area contributed by atoms with Gasteiger partial charge in [0.1, 0.15) is 0 Å². The van der Waals surface area contributed by atoms with Crippen molar-refractivity contribution in [2.24, 2.45) is 10.7 Å². The van der Waals surface area contributed by atoms with Crippen molar-refractivity contribution in [1.82, 2.24) is 14.5 Å². The van der Waals surface area contributed by atoms with Crippen molar-refractivity contribution < 1.29 is 0 Å². The van der Waals surface area contributed by atoms with Gasteiger partial charge in [-0.2, -0.15) is 0 Å². The minimum Gasteiger partial charge on any atom is -0.370 e. The van der Waals surface area contributed by atoms with E-state index in [9.17, 15) is 0 Å². The van der Waals surface area contributed by atoms with Gasteiger partial charge in [-0.1, -0.05) is 0 Å². The van der Waals surface area contributed by atoms with Crippen LogP contribution in [0, 0.1) is 0 Å². The lowest BCUT2D eigenvalue weighted by Gasteiger charge is -2.19. The predicted octanol–water partition coefficient (Wildman–Crippen LogP) is 0.540. The first-order valence-corrected chi connectivity index (χ1v) is 5.28. The molecule has 0 aliphatic rings. The van der Waals surface area contributed by atoms with Crippen molar-refractivity contribution in [3.8, 4) is 0 Å². The van der Waals surface area contributed by atoms with Crippen molar-refractivity contribution in [3.05, 3.63) is 18.7 Å². The number of hydrogen-bond donors (Lipinski definition) is 1. The summed E-state index contributed by atoms with van der Waals surface area (Å²) in [4.78, 5) is 10.3. The summed E-state index contributed by atoms with van der Waals surface area (Å²) in [5, 5.41) is 0. The van der Waals surface area contributed by atoms with Gasteiger partial charge >= 0.3 is 0 Å². The number of nitrogens with two attached hydrogens (primary N) is 1. The van der Waals surface area contributed by atoms with Crippen LogP contribution in [0.2, 0.25) is 0 Å². The van der Waals surface area contributed by atoms with E-state index in [-0.39, 0.29) is 0 Å². The van der Waals surface area contributed by atoms with E-state index in [1.807, 2.05) is 15.7 Å². The summed E-state index contributed by atoms with van der Waals surface area (Å²) in [6.07, 6.45) is 5.46. The molecule has 0 aliphatic heterocycles. The van der Waals surface area contributed by atoms with Crippen molar-refractivity contribution in [2.75, 3.05) is 19.6 Å². The van der Waals surface area contributed by atoms with E-state index in [4.69, 9.17) is 5.73 Å². The smallest absolute Gasteiger partial charge is 0.191 e. The maximum atomic E-state index is 5.83. The fourth-order valence-electron chi connectivity index (χ4n) is 1.35. The van der Waals surface area contributed by atoms with Crippen LogP contribution in [0.3, 0.4) is 0 Å². The van der Waals surface area contributed by atoms with E-state index >= 15 is 0 Å². The number of imidazole rings is 1. The van der Waals surface area contributed by atoms with Gasteiger partial charge in [0, 0.05) is 32.0 Å². The van der Waals surface area contributed by atoms with Crippen LogP contribution in [0.25, 0.3) is 0 Å². The van der Waals surface area contributed by atoms with Crippen LogP contribution in [0.15, 0.2) is 23.7 Å². The summed E-state index contributed by atoms with van der Waals surface area (Å²) in [6.45, 7) is 7.46. The van der Waals surface area contributed by atoms with Crippen LogP contribution in [0.4, 0.5) is 0 Å². The van der Waals surface area contributed by atoms with Crippen LogP contribution >= 0.6 is 0 Å². The predicted molar refractivity (Wildman–Crippen MR) is 61.6 cm³/mol. The number of hydrogen-bond acceptors (Lipinski definition) is 2. The Hall–Kier alpha value is -1.52. The third-order valence-electron chi connectivity index (χ3n) is 2.28. The number of rotatable bonds is 5. The Kier molecular flexibility index (Phi) is 4.66. The average molecular weight is 209 g/mol. The Bertz CT molecular complexity index is 287. The molecule has 0 unspecified atom stereocenters. The molecule has 0 atom stereocenters. The van der Waals surface area contributed by atoms with E-state index in [0.29, 0.717) is 12.5 Å². The lowest BCUT2D eigenvalue weighted by molar-refractivity contribution is 0.457. The fourth-order valence-corrected chi connectivity index (χ4v) is 1.35. The normalized spacial score (nSPS) is 11.7. The van der Waals surface area contributed by atoms with Gasteiger partial charge in [0.2, 0.25) is 0 Å². The maximum Gasteiger partial charge on any atom is 0.191 e. The molecule has 1 heterocycles. The maximum absolute atomic E-state index is 5.83. The molecular formula is C10H19N5. The molecule has 0 saturated carbocycles. The molecule has 0 saturated heterocycles. The Balaban J connectivity index is 2.36. The Labute approximate surface area is 90.6 Å². The van der Waals surface area contributed by atoms with Crippen molar-refractivity contribution >= 4 is 5.96 Å². The zero-order chi connectivity index (χ0) is 11.1. The van der Waals surface area contributed by atoms with E-state index in [1.54, 1.807) is 12.5 Å². The third-order valence-corrected chi connectivity index (χ3v) is 2.28. The second-order valence-electron chi connectivity index (χ2n) is 3.21. The molecule has 0 spiro atoms. The molecule has 0 aliphatic carbocycles. The van der Waals surface area contributed by atoms with Crippen LogP contribution in [-0.4, -0.2) is 40.0 Å². The highest BCUT2D eigenvalue weighted by molar-refractivity contribution is 5.77. The van der Waals surface area contributed by atoms with Crippen molar-refractivity contribution in [2.45, 2.75) is 20.4 Å². The number of nitrogens with zero attached hydrogens (tertiary/aromatic N) is 4. The van der Waals surface area contributed by atoms with E-state index in [2.05, 4.69) is 23.8 Å². The van der Waals surface area contributed by atoms with Gasteiger partial charge in [-0.15, -0.1) is 0 Å². The van der Waals surface area contributed by atoms with Gasteiger partial charge in [-0.3, -0.25) is 4.99 Å². The Morgan fingerprint density at radius 3 is 2.73 bits per heavy atom. The summed E-state index contributed by atoms with van der Waals surface area (Å²) in [5.74, 6) is 0.625. The van der Waals surface area contributed by atoms with Gasteiger partial charge in [0.25, 0.3) is 0 Å². The largest absolute Gasteiger partial charge is 0.370 e. The lowest BCUT2D eigenvalue weighted by Crippen LogP contribution is -2.37. The lowest BCUT2D eigenvalue weighted by atomic mass is 10.5. The van der Waals surface area contributed by atoms with Crippen molar-refractivity contribution in [3.63, 3.8) is 0 Å². The minimum atomic E-state index is 0.625. The molecule has 0 radical (unpaired) electrons. The monoisotopic (exact) mass is 209 g/mol. The quantitative estimate of drug-likeness (QED) is 0.569. The third kappa shape index (κ3) is 3.61. The first-order valence-electron chi connectivity index (χ1n) is 5.28. The van der Waals surface area contributed by atoms with Crippen LogP contribution in [0.1, 0.15) is 13.8 Å². The molecule has 0 amide bonds. The SMILES string of the molecule is CCN(CC)C(N)=NCCn1ccnc1. The van der Waals surface area contributed by atoms with Crippen LogP contribution in [0.5, 0.6) is 0 Å². The molecule has 2 N–H and O–H groups in total. The van der Waals surface area contributed by atoms with Crippen LogP contribution < -0.4 is 5.73 Å². The van der Waals surface area contributed by atoms with E-state index in [1.165, 1.54) is 0 Å². The molecule has 0 aromatic carbocycles. The molecule has 0 bridgehead atoms. The molecule has 5 nitrogen and oxygen atoms in total. The Morgan fingerprint density at radius 1 is 1.47 bits per heavy atom. The highest BCUT2D eigenvalue weighted by Gasteiger charge is 2.00. The summed E-state index contributed by atoms with van der Waals surface area (Å²) < 4.78 is 1.99. The van der Waals surface area contributed by atoms with Gasteiger partial charge < -0.3 is 15.2 Å². The standard InChI is InChI=1S/C10H19N5/c1-3-15(4-2)10(11)13-6-8-14-7-5-12-9-14/h5,7,9H,3-4,6,8H2,1-2H3,(H2,11,13). The van der Waals surface area contributed by atoms with Crippen molar-refractivity contribution in [1.29, 1.82) is 0 Å². The molecule has 15 heavy (non-hydrogen) atoms. The zero-order valence-corrected chi connectivity index (χ0v) is 9.43. The summed E-state index contributed by atoms with van der Waals surface area (Å²) in [5.41, 5.74) is 5.83. The van der Waals surface area contributed by atoms with E-state index in [0.717, 1.165) is 19.6 Å². The van der Waals surface area contributed by atoms with Crippen LogP contribution in [-0.2, 0) is 6.54 Å². The van der Waals surface area contributed by atoms with E-state index < -0.39 is 0 Å². The highest BCUT2D eigenvalue weighted by Crippen LogP contribution is 1.89. The fraction of sp³-hybridized carbons (Fsp3) is 0.600. The van der Waals surface area contributed by atoms with Gasteiger partial charge in [-0.05, 0) is 13.8 Å². The average Bonchev–Trinajstić information content (AvgIpc) is 2.72.